The van der Waals surface area contributed by atoms with Crippen LogP contribution >= 0.6 is 0 Å². The van der Waals surface area contributed by atoms with Gasteiger partial charge in [-0.25, -0.2) is 9.38 Å². The zero-order chi connectivity index (χ0) is 19.7. The quantitative estimate of drug-likeness (QED) is 0.339. The number of nitrogens with zero attached hydrogens (tertiary/aromatic N) is 2. The van der Waals surface area contributed by atoms with Gasteiger partial charge in [-0.3, -0.25) is 14.5 Å². The van der Waals surface area contributed by atoms with Crippen molar-refractivity contribution in [3.63, 3.8) is 0 Å². The molecule has 2 N–H and O–H groups in total. The Balaban J connectivity index is 1.33. The molecule has 4 atom stereocenters. The third kappa shape index (κ3) is 3.41. The number of guanidine groups is 1. The van der Waals surface area contributed by atoms with Crippen molar-refractivity contribution in [1.82, 2.24) is 15.5 Å². The summed E-state index contributed by atoms with van der Waals surface area (Å²) >= 11 is 0. The number of allylic oxidation sites excluding steroid dienone is 2. The lowest BCUT2D eigenvalue weighted by Gasteiger charge is -2.18. The van der Waals surface area contributed by atoms with Crippen molar-refractivity contribution in [1.29, 1.82) is 0 Å². The number of aliphatic imine (C=N–C) groups is 1. The van der Waals surface area contributed by atoms with Crippen LogP contribution in [0.3, 0.4) is 0 Å². The molecule has 148 valence electrons. The summed E-state index contributed by atoms with van der Waals surface area (Å²) in [5.74, 6) is 0.378. The Kier molecular flexibility index (Phi) is 5.15. The van der Waals surface area contributed by atoms with E-state index >= 15 is 0 Å². The van der Waals surface area contributed by atoms with Crippen LogP contribution in [0.1, 0.15) is 18.9 Å². The highest BCUT2D eigenvalue weighted by molar-refractivity contribution is 6.06. The van der Waals surface area contributed by atoms with E-state index in [1.807, 2.05) is 13.0 Å². The number of halogens is 1. The van der Waals surface area contributed by atoms with Crippen LogP contribution in [0, 0.1) is 29.5 Å². The van der Waals surface area contributed by atoms with E-state index in [0.29, 0.717) is 32.1 Å². The largest absolute Gasteiger partial charge is 0.357 e. The van der Waals surface area contributed by atoms with Gasteiger partial charge in [-0.15, -0.1) is 0 Å². The summed E-state index contributed by atoms with van der Waals surface area (Å²) in [5.41, 5.74) is 0.776. The number of hydrogen-bond acceptors (Lipinski definition) is 3. The molecule has 0 aromatic heterocycles. The smallest absolute Gasteiger partial charge is 0.233 e. The van der Waals surface area contributed by atoms with Crippen LogP contribution in [-0.2, 0) is 16.1 Å². The number of rotatable bonds is 6. The molecular formula is C21H25FN4O2. The first-order valence-electron chi connectivity index (χ1n) is 9.88. The summed E-state index contributed by atoms with van der Waals surface area (Å²) in [6.07, 6.45) is 5.14. The lowest BCUT2D eigenvalue weighted by atomic mass is 9.85. The van der Waals surface area contributed by atoms with Gasteiger partial charge in [-0.1, -0.05) is 24.3 Å². The van der Waals surface area contributed by atoms with Gasteiger partial charge in [-0.2, -0.15) is 0 Å². The molecule has 1 aromatic rings. The van der Waals surface area contributed by atoms with Gasteiger partial charge < -0.3 is 10.6 Å². The Hall–Kier alpha value is -2.70. The predicted octanol–water partition coefficient (Wildman–Crippen LogP) is 1.69. The molecule has 1 saturated carbocycles. The van der Waals surface area contributed by atoms with E-state index in [0.717, 1.165) is 12.0 Å². The molecule has 1 heterocycles. The van der Waals surface area contributed by atoms with Crippen molar-refractivity contribution in [2.24, 2.45) is 28.7 Å². The molecule has 1 aromatic carbocycles. The van der Waals surface area contributed by atoms with Gasteiger partial charge in [-0.05, 0) is 42.9 Å². The zero-order valence-corrected chi connectivity index (χ0v) is 15.9. The highest BCUT2D eigenvalue weighted by Gasteiger charge is 2.58. The van der Waals surface area contributed by atoms with E-state index < -0.39 is 0 Å². The molecule has 2 fully saturated rings. The Morgan fingerprint density at radius 3 is 2.54 bits per heavy atom. The van der Waals surface area contributed by atoms with Crippen LogP contribution in [0.5, 0.6) is 0 Å². The van der Waals surface area contributed by atoms with Crippen molar-refractivity contribution in [2.45, 2.75) is 19.9 Å². The second-order valence-corrected chi connectivity index (χ2v) is 7.58. The highest BCUT2D eigenvalue weighted by atomic mass is 19.1. The second-order valence-electron chi connectivity index (χ2n) is 7.58. The molecule has 4 unspecified atom stereocenters. The minimum absolute atomic E-state index is 0.0321. The maximum atomic E-state index is 13.3. The number of hydrogen-bond donors (Lipinski definition) is 2. The number of carbonyl (C=O) groups is 2. The van der Waals surface area contributed by atoms with Gasteiger partial charge >= 0.3 is 0 Å². The van der Waals surface area contributed by atoms with Crippen LogP contribution in [0.4, 0.5) is 4.39 Å². The predicted molar refractivity (Wildman–Crippen MR) is 104 cm³/mol. The number of benzene rings is 1. The fraction of sp³-hybridized carbons (Fsp3) is 0.476. The lowest BCUT2D eigenvalue weighted by Crippen LogP contribution is -2.43. The number of carbonyl (C=O) groups excluding carboxylic acids is 2. The number of imide groups is 1. The molecule has 3 aliphatic rings. The van der Waals surface area contributed by atoms with Crippen molar-refractivity contribution in [2.75, 3.05) is 19.6 Å². The molecule has 2 amide bonds. The first-order valence-corrected chi connectivity index (χ1v) is 9.88. The van der Waals surface area contributed by atoms with Crippen LogP contribution < -0.4 is 10.6 Å². The van der Waals surface area contributed by atoms with Crippen molar-refractivity contribution >= 4 is 17.8 Å². The molecule has 28 heavy (non-hydrogen) atoms. The van der Waals surface area contributed by atoms with E-state index in [1.54, 1.807) is 6.07 Å². The van der Waals surface area contributed by atoms with Gasteiger partial charge in [0.25, 0.3) is 0 Å². The summed E-state index contributed by atoms with van der Waals surface area (Å²) in [7, 11) is 0. The van der Waals surface area contributed by atoms with Gasteiger partial charge in [0.15, 0.2) is 5.96 Å². The number of likely N-dealkylation sites (tertiary alicyclic amines) is 1. The average Bonchev–Trinajstić information content (AvgIpc) is 3.35. The third-order valence-corrected chi connectivity index (χ3v) is 5.84. The van der Waals surface area contributed by atoms with Crippen molar-refractivity contribution in [3.8, 4) is 0 Å². The number of fused-ring (bicyclic) bond motifs is 5. The standard InChI is InChI=1S/C21H25FN4O2/c1-2-23-21(25-12-13-4-3-5-16(22)10-13)24-8-9-26-19(27)17-14-6-7-15(11-14)18(17)20(26)28/h3-7,10,14-15,17-18H,2,8-9,11-12H2,1H3,(H2,23,24,25). The van der Waals surface area contributed by atoms with E-state index in [9.17, 15) is 14.0 Å². The van der Waals surface area contributed by atoms with Crippen LogP contribution in [0.2, 0.25) is 0 Å². The van der Waals surface area contributed by atoms with Gasteiger partial charge in [0.2, 0.25) is 11.8 Å². The molecule has 7 heteroatoms. The lowest BCUT2D eigenvalue weighted by molar-refractivity contribution is -0.140. The van der Waals surface area contributed by atoms with E-state index in [4.69, 9.17) is 0 Å². The van der Waals surface area contributed by atoms with Gasteiger partial charge in [0.05, 0.1) is 18.4 Å². The fourth-order valence-electron chi connectivity index (χ4n) is 4.62. The first-order chi connectivity index (χ1) is 13.6. The molecule has 6 nitrogen and oxygen atoms in total. The van der Waals surface area contributed by atoms with Gasteiger partial charge in [0.1, 0.15) is 5.82 Å². The molecule has 4 rings (SSSR count). The maximum absolute atomic E-state index is 13.3. The average molecular weight is 384 g/mol. The Morgan fingerprint density at radius 1 is 1.18 bits per heavy atom. The minimum Gasteiger partial charge on any atom is -0.357 e. The summed E-state index contributed by atoms with van der Waals surface area (Å²) in [4.78, 5) is 31.2. The first kappa shape index (κ1) is 18.7. The monoisotopic (exact) mass is 384 g/mol. The van der Waals surface area contributed by atoms with E-state index in [2.05, 4.69) is 27.8 Å². The minimum atomic E-state index is -0.286. The van der Waals surface area contributed by atoms with Crippen LogP contribution in [0.15, 0.2) is 41.4 Å². The zero-order valence-electron chi connectivity index (χ0n) is 15.9. The molecule has 1 aliphatic heterocycles. The summed E-state index contributed by atoms with van der Waals surface area (Å²) < 4.78 is 13.3. The Labute approximate surface area is 163 Å². The van der Waals surface area contributed by atoms with E-state index in [1.165, 1.54) is 17.0 Å². The van der Waals surface area contributed by atoms with E-state index in [-0.39, 0.29) is 41.3 Å². The molecular weight excluding hydrogens is 359 g/mol. The Morgan fingerprint density at radius 2 is 1.89 bits per heavy atom. The fourth-order valence-corrected chi connectivity index (χ4v) is 4.62. The number of nitrogens with one attached hydrogen (secondary N) is 2. The third-order valence-electron chi connectivity index (χ3n) is 5.84. The summed E-state index contributed by atoms with van der Waals surface area (Å²) in [5, 5.41) is 6.29. The normalized spacial score (nSPS) is 28.2. The highest BCUT2D eigenvalue weighted by Crippen LogP contribution is 2.52. The maximum Gasteiger partial charge on any atom is 0.233 e. The molecule has 2 aliphatic carbocycles. The SMILES string of the molecule is CCNC(=NCc1cccc(F)c1)NCCN1C(=O)C2C3C=CC(C3)C2C1=O. The van der Waals surface area contributed by atoms with Crippen molar-refractivity contribution in [3.05, 3.63) is 47.8 Å². The second kappa shape index (κ2) is 7.73. The molecule has 1 saturated heterocycles. The summed E-state index contributed by atoms with van der Waals surface area (Å²) in [6.45, 7) is 3.73. The van der Waals surface area contributed by atoms with Crippen LogP contribution in [0.25, 0.3) is 0 Å². The topological polar surface area (TPSA) is 73.8 Å². The molecule has 0 radical (unpaired) electrons. The van der Waals surface area contributed by atoms with Crippen LogP contribution in [-0.4, -0.2) is 42.3 Å². The molecule has 2 bridgehead atoms. The van der Waals surface area contributed by atoms with Crippen molar-refractivity contribution < 1.29 is 14.0 Å². The van der Waals surface area contributed by atoms with Gasteiger partial charge in [0, 0.05) is 19.6 Å². The Bertz CT molecular complexity index is 807. The summed E-state index contributed by atoms with van der Waals surface area (Å²) in [6, 6.07) is 6.33. The molecule has 0 spiro atoms. The number of amides is 2.